The van der Waals surface area contributed by atoms with E-state index in [1.807, 2.05) is 46.7 Å². The summed E-state index contributed by atoms with van der Waals surface area (Å²) in [4.78, 5) is 15.5. The zero-order valence-electron chi connectivity index (χ0n) is 14.1. The number of nitrogens with zero attached hydrogens (tertiary/aromatic N) is 3. The Morgan fingerprint density at radius 3 is 2.88 bits per heavy atom. The maximum atomic E-state index is 12.6. The Hall–Kier alpha value is -2.18. The van der Waals surface area contributed by atoms with Crippen LogP contribution in [0, 0.1) is 0 Å². The Kier molecular flexibility index (Phi) is 5.04. The summed E-state index contributed by atoms with van der Waals surface area (Å²) in [5.74, 6) is 1.39. The van der Waals surface area contributed by atoms with Crippen LogP contribution in [0.15, 0.2) is 46.2 Å². The van der Waals surface area contributed by atoms with Crippen molar-refractivity contribution in [3.05, 3.63) is 58.3 Å². The fourth-order valence-corrected chi connectivity index (χ4v) is 3.96. The summed E-state index contributed by atoms with van der Waals surface area (Å²) in [7, 11) is 0. The number of hydrogen-bond donors (Lipinski definition) is 0. The predicted molar refractivity (Wildman–Crippen MR) is 101 cm³/mol. The molecule has 26 heavy (non-hydrogen) atoms. The number of thiophene rings is 1. The molecule has 1 aliphatic heterocycles. The topological polar surface area (TPSA) is 59.2 Å². The fraction of sp³-hybridized carbons (Fsp3) is 0.316. The molecule has 1 amide bonds. The van der Waals surface area contributed by atoms with Gasteiger partial charge in [0.1, 0.15) is 0 Å². The monoisotopic (exact) mass is 387 g/mol. The second kappa shape index (κ2) is 7.60. The van der Waals surface area contributed by atoms with E-state index in [9.17, 15) is 4.79 Å². The van der Waals surface area contributed by atoms with E-state index in [0.29, 0.717) is 29.8 Å². The zero-order valence-corrected chi connectivity index (χ0v) is 15.7. The first-order chi connectivity index (χ1) is 12.7. The van der Waals surface area contributed by atoms with Gasteiger partial charge in [-0.1, -0.05) is 29.8 Å². The number of piperidine rings is 1. The molecule has 1 atom stereocenters. The van der Waals surface area contributed by atoms with Crippen LogP contribution < -0.4 is 0 Å². The van der Waals surface area contributed by atoms with Crippen LogP contribution in [0.5, 0.6) is 0 Å². The molecule has 0 N–H and O–H groups in total. The van der Waals surface area contributed by atoms with Crippen LogP contribution in [0.4, 0.5) is 0 Å². The van der Waals surface area contributed by atoms with E-state index >= 15 is 0 Å². The molecule has 0 aliphatic carbocycles. The van der Waals surface area contributed by atoms with Crippen molar-refractivity contribution in [3.8, 4) is 10.8 Å². The second-order valence-electron chi connectivity index (χ2n) is 6.40. The lowest BCUT2D eigenvalue weighted by atomic mass is 9.97. The number of carbonyl (C=O) groups excluding carboxylic acids is 1. The van der Waals surface area contributed by atoms with Gasteiger partial charge in [-0.25, -0.2) is 0 Å². The van der Waals surface area contributed by atoms with Crippen molar-refractivity contribution in [3.63, 3.8) is 0 Å². The van der Waals surface area contributed by atoms with Gasteiger partial charge in [0.05, 0.1) is 17.2 Å². The third-order valence-corrected chi connectivity index (χ3v) is 5.67. The largest absolute Gasteiger partial charge is 0.420 e. The third kappa shape index (κ3) is 3.81. The summed E-state index contributed by atoms with van der Waals surface area (Å²) in [6, 6.07) is 11.3. The normalized spacial score (nSPS) is 17.4. The van der Waals surface area contributed by atoms with E-state index < -0.39 is 0 Å². The summed E-state index contributed by atoms with van der Waals surface area (Å²) in [5, 5.41) is 11.0. The summed E-state index contributed by atoms with van der Waals surface area (Å²) < 4.78 is 5.86. The van der Waals surface area contributed by atoms with Crippen molar-refractivity contribution < 1.29 is 9.21 Å². The molecule has 2 aromatic heterocycles. The quantitative estimate of drug-likeness (QED) is 0.665. The molecular weight excluding hydrogens is 370 g/mol. The van der Waals surface area contributed by atoms with E-state index in [2.05, 4.69) is 10.2 Å². The molecule has 0 bridgehead atoms. The summed E-state index contributed by atoms with van der Waals surface area (Å²) >= 11 is 7.48. The Balaban J connectivity index is 1.42. The number of halogens is 1. The number of hydrogen-bond acceptors (Lipinski definition) is 5. The number of rotatable bonds is 4. The lowest BCUT2D eigenvalue weighted by Crippen LogP contribution is -2.40. The van der Waals surface area contributed by atoms with Crippen LogP contribution in [0.3, 0.4) is 0 Å². The van der Waals surface area contributed by atoms with Crippen LogP contribution >= 0.6 is 22.9 Å². The molecule has 1 aromatic carbocycles. The first-order valence-electron chi connectivity index (χ1n) is 8.58. The van der Waals surface area contributed by atoms with E-state index in [0.717, 1.165) is 29.8 Å². The highest BCUT2D eigenvalue weighted by Gasteiger charge is 2.28. The molecule has 4 rings (SSSR count). The van der Waals surface area contributed by atoms with Crippen LogP contribution in [0.25, 0.3) is 10.8 Å². The van der Waals surface area contributed by atoms with Gasteiger partial charge in [0, 0.05) is 18.1 Å². The lowest BCUT2D eigenvalue weighted by molar-refractivity contribution is -0.131. The van der Waals surface area contributed by atoms with Gasteiger partial charge in [0.2, 0.25) is 11.8 Å². The van der Waals surface area contributed by atoms with Crippen molar-refractivity contribution in [1.82, 2.24) is 15.1 Å². The van der Waals surface area contributed by atoms with Crippen molar-refractivity contribution in [2.24, 2.45) is 0 Å². The number of likely N-dealkylation sites (tertiary alicyclic amines) is 1. The van der Waals surface area contributed by atoms with Gasteiger partial charge in [-0.15, -0.1) is 21.5 Å². The number of benzene rings is 1. The van der Waals surface area contributed by atoms with Crippen LogP contribution in [-0.2, 0) is 11.2 Å². The van der Waals surface area contributed by atoms with Gasteiger partial charge in [-0.2, -0.15) is 0 Å². The minimum absolute atomic E-state index is 0.0964. The standard InChI is InChI=1S/C19H18ClN3O2S/c20-15-7-5-13(6-8-15)11-17(24)23-9-1-3-14(12-23)18-21-22-19(25-18)16-4-2-10-26-16/h2,4-8,10,14H,1,3,9,11-12H2. The van der Waals surface area contributed by atoms with Crippen molar-refractivity contribution in [2.45, 2.75) is 25.2 Å². The van der Waals surface area contributed by atoms with Gasteiger partial charge < -0.3 is 9.32 Å². The molecule has 3 aromatic rings. The Morgan fingerprint density at radius 2 is 2.12 bits per heavy atom. The summed E-state index contributed by atoms with van der Waals surface area (Å²) in [5.41, 5.74) is 0.972. The van der Waals surface area contributed by atoms with Crippen LogP contribution in [0.2, 0.25) is 5.02 Å². The average Bonchev–Trinajstić information content (AvgIpc) is 3.35. The van der Waals surface area contributed by atoms with Crippen LogP contribution in [-0.4, -0.2) is 34.1 Å². The first kappa shape index (κ1) is 17.2. The molecule has 1 unspecified atom stereocenters. The van der Waals surface area contributed by atoms with E-state index in [1.165, 1.54) is 0 Å². The van der Waals surface area contributed by atoms with E-state index in [4.69, 9.17) is 16.0 Å². The maximum Gasteiger partial charge on any atom is 0.257 e. The highest BCUT2D eigenvalue weighted by molar-refractivity contribution is 7.13. The first-order valence-corrected chi connectivity index (χ1v) is 9.84. The Bertz CT molecular complexity index is 877. The average molecular weight is 388 g/mol. The summed E-state index contributed by atoms with van der Waals surface area (Å²) in [6.07, 6.45) is 2.28. The van der Waals surface area contributed by atoms with E-state index in [-0.39, 0.29) is 11.8 Å². The fourth-order valence-electron chi connectivity index (χ4n) is 3.19. The molecular formula is C19H18ClN3O2S. The molecule has 1 aliphatic rings. The maximum absolute atomic E-state index is 12.6. The lowest BCUT2D eigenvalue weighted by Gasteiger charge is -2.31. The third-order valence-electron chi connectivity index (χ3n) is 4.56. The molecule has 1 fully saturated rings. The zero-order chi connectivity index (χ0) is 17.9. The molecule has 0 radical (unpaired) electrons. The molecule has 134 valence electrons. The Labute approximate surface area is 160 Å². The molecule has 0 spiro atoms. The molecule has 1 saturated heterocycles. The van der Waals surface area contributed by atoms with Crippen molar-refractivity contribution in [2.75, 3.05) is 13.1 Å². The highest BCUT2D eigenvalue weighted by Crippen LogP contribution is 2.30. The van der Waals surface area contributed by atoms with Gasteiger partial charge >= 0.3 is 0 Å². The highest BCUT2D eigenvalue weighted by atomic mass is 35.5. The van der Waals surface area contributed by atoms with Gasteiger partial charge in [0.25, 0.3) is 5.89 Å². The smallest absolute Gasteiger partial charge is 0.257 e. The number of carbonyl (C=O) groups is 1. The van der Waals surface area contributed by atoms with Crippen molar-refractivity contribution in [1.29, 1.82) is 0 Å². The molecule has 7 heteroatoms. The predicted octanol–water partition coefficient (Wildman–Crippen LogP) is 4.40. The van der Waals surface area contributed by atoms with Gasteiger partial charge in [-0.3, -0.25) is 4.79 Å². The van der Waals surface area contributed by atoms with Gasteiger partial charge in [-0.05, 0) is 42.0 Å². The molecule has 0 saturated carbocycles. The molecule has 5 nitrogen and oxygen atoms in total. The summed E-state index contributed by atoms with van der Waals surface area (Å²) in [6.45, 7) is 1.40. The van der Waals surface area contributed by atoms with E-state index in [1.54, 1.807) is 11.3 Å². The van der Waals surface area contributed by atoms with Gasteiger partial charge in [0.15, 0.2) is 0 Å². The SMILES string of the molecule is O=C(Cc1ccc(Cl)cc1)N1CCCC(c2nnc(-c3cccs3)o2)C1. The van der Waals surface area contributed by atoms with Crippen molar-refractivity contribution >= 4 is 28.8 Å². The second-order valence-corrected chi connectivity index (χ2v) is 7.79. The molecule has 3 heterocycles. The minimum Gasteiger partial charge on any atom is -0.420 e. The number of aromatic nitrogens is 2. The van der Waals surface area contributed by atoms with Crippen LogP contribution in [0.1, 0.15) is 30.2 Å². The minimum atomic E-state index is 0.0964. The number of amides is 1. The Morgan fingerprint density at radius 1 is 1.27 bits per heavy atom.